The van der Waals surface area contributed by atoms with E-state index in [1.165, 1.54) is 45.2 Å². The summed E-state index contributed by atoms with van der Waals surface area (Å²) in [5, 5.41) is 3.08. The van der Waals surface area contributed by atoms with Gasteiger partial charge in [0, 0.05) is 37.0 Å². The molecule has 0 aliphatic carbocycles. The lowest BCUT2D eigenvalue weighted by molar-refractivity contribution is 0.0881. The van der Waals surface area contributed by atoms with Crippen molar-refractivity contribution in [2.45, 2.75) is 38.1 Å². The van der Waals surface area contributed by atoms with Crippen LogP contribution in [0.25, 0.3) is 5.52 Å². The summed E-state index contributed by atoms with van der Waals surface area (Å²) in [5.41, 5.74) is 1.79. The molecule has 1 amide bonds. The Morgan fingerprint density at radius 2 is 1.88 bits per heavy atom. The van der Waals surface area contributed by atoms with E-state index < -0.39 is 0 Å². The minimum atomic E-state index is 0.0249. The van der Waals surface area contributed by atoms with E-state index in [-0.39, 0.29) is 5.91 Å². The summed E-state index contributed by atoms with van der Waals surface area (Å²) >= 11 is 0. The van der Waals surface area contributed by atoms with Crippen molar-refractivity contribution < 1.29 is 4.79 Å². The number of hydrogen-bond donors (Lipinski definition) is 1. The molecule has 2 aliphatic heterocycles. The van der Waals surface area contributed by atoms with Crippen LogP contribution in [-0.2, 0) is 0 Å². The van der Waals surface area contributed by atoms with Crippen LogP contribution in [0.4, 0.5) is 0 Å². The first-order valence-corrected chi connectivity index (χ1v) is 10.1. The van der Waals surface area contributed by atoms with Crippen LogP contribution in [0, 0.1) is 0 Å². The van der Waals surface area contributed by atoms with Crippen LogP contribution in [0.3, 0.4) is 0 Å². The summed E-state index contributed by atoms with van der Waals surface area (Å²) in [7, 11) is 0. The smallest absolute Gasteiger partial charge is 0.252 e. The third kappa shape index (κ3) is 4.10. The third-order valence-corrected chi connectivity index (χ3v) is 5.94. The number of nitrogens with one attached hydrogen (secondary N) is 1. The summed E-state index contributed by atoms with van der Waals surface area (Å²) in [5.74, 6) is 0.0249. The topological polar surface area (TPSA) is 40.0 Å². The van der Waals surface area contributed by atoms with Crippen molar-refractivity contribution in [3.05, 3.63) is 42.2 Å². The van der Waals surface area contributed by atoms with Gasteiger partial charge in [0.15, 0.2) is 0 Å². The van der Waals surface area contributed by atoms with Gasteiger partial charge in [0.25, 0.3) is 5.91 Å². The molecule has 2 fully saturated rings. The SMILES string of the molecule is O=C(NCCN1CCC(N2CCCCC2)CC1)c1cc2ccccn2c1. The summed E-state index contributed by atoms with van der Waals surface area (Å²) < 4.78 is 1.99. The number of fused-ring (bicyclic) bond motifs is 1. The minimum absolute atomic E-state index is 0.0249. The largest absolute Gasteiger partial charge is 0.351 e. The Labute approximate surface area is 156 Å². The second-order valence-electron chi connectivity index (χ2n) is 7.69. The molecule has 140 valence electrons. The highest BCUT2D eigenvalue weighted by Gasteiger charge is 2.25. The van der Waals surface area contributed by atoms with Gasteiger partial charge >= 0.3 is 0 Å². The highest BCUT2D eigenvalue weighted by atomic mass is 16.1. The van der Waals surface area contributed by atoms with E-state index in [4.69, 9.17) is 0 Å². The van der Waals surface area contributed by atoms with Crippen molar-refractivity contribution in [3.8, 4) is 0 Å². The predicted octanol–water partition coefficient (Wildman–Crippen LogP) is 2.62. The first kappa shape index (κ1) is 17.6. The van der Waals surface area contributed by atoms with Gasteiger partial charge in [-0.25, -0.2) is 0 Å². The Hall–Kier alpha value is -1.85. The van der Waals surface area contributed by atoms with Gasteiger partial charge in [0.2, 0.25) is 0 Å². The Morgan fingerprint density at radius 3 is 2.65 bits per heavy atom. The molecular weight excluding hydrogens is 324 g/mol. The van der Waals surface area contributed by atoms with Crippen molar-refractivity contribution in [1.82, 2.24) is 19.5 Å². The van der Waals surface area contributed by atoms with Gasteiger partial charge in [-0.05, 0) is 70.1 Å². The van der Waals surface area contributed by atoms with E-state index in [0.29, 0.717) is 0 Å². The van der Waals surface area contributed by atoms with Gasteiger partial charge in [0.05, 0.1) is 5.56 Å². The lowest BCUT2D eigenvalue weighted by Crippen LogP contribution is -2.48. The quantitative estimate of drug-likeness (QED) is 0.897. The number of carbonyl (C=O) groups is 1. The Morgan fingerprint density at radius 1 is 1.08 bits per heavy atom. The molecule has 0 aromatic carbocycles. The van der Waals surface area contributed by atoms with Crippen LogP contribution in [0.15, 0.2) is 36.7 Å². The van der Waals surface area contributed by atoms with Crippen LogP contribution in [0.2, 0.25) is 0 Å². The molecular formula is C21H30N4O. The summed E-state index contributed by atoms with van der Waals surface area (Å²) in [6, 6.07) is 8.71. The lowest BCUT2D eigenvalue weighted by Gasteiger charge is -2.40. The molecule has 5 nitrogen and oxygen atoms in total. The second-order valence-corrected chi connectivity index (χ2v) is 7.69. The summed E-state index contributed by atoms with van der Waals surface area (Å²) in [6.45, 7) is 6.59. The van der Waals surface area contributed by atoms with E-state index in [1.807, 2.05) is 41.1 Å². The molecule has 1 N–H and O–H groups in total. The van der Waals surface area contributed by atoms with Gasteiger partial charge in [-0.2, -0.15) is 0 Å². The maximum Gasteiger partial charge on any atom is 0.252 e. The van der Waals surface area contributed by atoms with Gasteiger partial charge in [-0.3, -0.25) is 4.79 Å². The lowest BCUT2D eigenvalue weighted by atomic mass is 10.00. The summed E-state index contributed by atoms with van der Waals surface area (Å²) in [6.07, 6.45) is 10.6. The molecule has 0 atom stereocenters. The number of carbonyl (C=O) groups excluding carboxylic acids is 1. The van der Waals surface area contributed by atoms with E-state index in [2.05, 4.69) is 15.1 Å². The molecule has 26 heavy (non-hydrogen) atoms. The highest BCUT2D eigenvalue weighted by Crippen LogP contribution is 2.20. The van der Waals surface area contributed by atoms with Crippen LogP contribution in [0.1, 0.15) is 42.5 Å². The minimum Gasteiger partial charge on any atom is -0.351 e. The molecule has 2 aromatic heterocycles. The maximum absolute atomic E-state index is 12.4. The number of aromatic nitrogens is 1. The average Bonchev–Trinajstić information content (AvgIpc) is 3.13. The monoisotopic (exact) mass is 354 g/mol. The number of rotatable bonds is 5. The average molecular weight is 354 g/mol. The molecule has 0 radical (unpaired) electrons. The maximum atomic E-state index is 12.4. The van der Waals surface area contributed by atoms with Crippen LogP contribution in [-0.4, -0.2) is 65.4 Å². The van der Waals surface area contributed by atoms with Crippen LogP contribution >= 0.6 is 0 Å². The zero-order valence-electron chi connectivity index (χ0n) is 15.6. The fourth-order valence-electron chi connectivity index (χ4n) is 4.40. The van der Waals surface area contributed by atoms with Gasteiger partial charge in [0.1, 0.15) is 0 Å². The number of nitrogens with zero attached hydrogens (tertiary/aromatic N) is 3. The zero-order valence-corrected chi connectivity index (χ0v) is 15.6. The van der Waals surface area contributed by atoms with Crippen molar-refractivity contribution in [2.75, 3.05) is 39.3 Å². The second kappa shape index (κ2) is 8.23. The van der Waals surface area contributed by atoms with Crippen molar-refractivity contribution >= 4 is 11.4 Å². The Kier molecular flexibility index (Phi) is 5.56. The molecule has 0 saturated carbocycles. The fraction of sp³-hybridized carbons (Fsp3) is 0.571. The normalized spacial score (nSPS) is 20.5. The molecule has 0 spiro atoms. The molecule has 2 aliphatic rings. The molecule has 4 heterocycles. The number of piperidine rings is 2. The first-order chi connectivity index (χ1) is 12.8. The van der Waals surface area contributed by atoms with Crippen LogP contribution in [0.5, 0.6) is 0 Å². The third-order valence-electron chi connectivity index (χ3n) is 5.94. The van der Waals surface area contributed by atoms with Crippen molar-refractivity contribution in [2.24, 2.45) is 0 Å². The standard InChI is InChI=1S/C21H30N4O/c26-21(18-16-20-6-2-5-12-25(20)17-18)22-9-15-23-13-7-19(8-14-23)24-10-3-1-4-11-24/h2,5-6,12,16-17,19H,1,3-4,7-11,13-15H2,(H,22,26). The molecule has 0 bridgehead atoms. The van der Waals surface area contributed by atoms with Crippen molar-refractivity contribution in [1.29, 1.82) is 0 Å². The molecule has 4 rings (SSSR count). The van der Waals surface area contributed by atoms with Crippen molar-refractivity contribution in [3.63, 3.8) is 0 Å². The van der Waals surface area contributed by atoms with Gasteiger partial charge in [-0.1, -0.05) is 12.5 Å². The molecule has 0 unspecified atom stereocenters. The number of hydrogen-bond acceptors (Lipinski definition) is 3. The van der Waals surface area contributed by atoms with E-state index in [9.17, 15) is 4.79 Å². The molecule has 2 saturated heterocycles. The molecule has 2 aromatic rings. The fourth-order valence-corrected chi connectivity index (χ4v) is 4.40. The number of amides is 1. The van der Waals surface area contributed by atoms with E-state index in [1.54, 1.807) is 0 Å². The zero-order chi connectivity index (χ0) is 17.8. The van der Waals surface area contributed by atoms with Gasteiger partial charge in [-0.15, -0.1) is 0 Å². The van der Waals surface area contributed by atoms with Gasteiger partial charge < -0.3 is 19.5 Å². The van der Waals surface area contributed by atoms with E-state index >= 15 is 0 Å². The number of pyridine rings is 1. The predicted molar refractivity (Wildman–Crippen MR) is 105 cm³/mol. The highest BCUT2D eigenvalue weighted by molar-refractivity contribution is 5.95. The Balaban J connectivity index is 1.19. The van der Waals surface area contributed by atoms with E-state index in [0.717, 1.165) is 43.3 Å². The number of likely N-dealkylation sites (tertiary alicyclic amines) is 2. The first-order valence-electron chi connectivity index (χ1n) is 10.1. The molecule has 5 heteroatoms. The summed E-state index contributed by atoms with van der Waals surface area (Å²) in [4.78, 5) is 17.6. The Bertz CT molecular complexity index is 693. The van der Waals surface area contributed by atoms with Crippen LogP contribution < -0.4 is 5.32 Å².